The Morgan fingerprint density at radius 1 is 1.39 bits per heavy atom. The molecule has 10 heteroatoms. The van der Waals surface area contributed by atoms with Gasteiger partial charge < -0.3 is 14.6 Å². The maximum Gasteiger partial charge on any atom is 0.406 e. The normalized spacial score (nSPS) is 25.3. The highest BCUT2D eigenvalue weighted by atomic mass is 19.4. The molecule has 0 aromatic carbocycles. The quantitative estimate of drug-likeness (QED) is 0.769. The molecule has 1 saturated heterocycles. The number of alkyl halides is 3. The van der Waals surface area contributed by atoms with E-state index in [0.717, 1.165) is 24.2 Å². The fourth-order valence-electron chi connectivity index (χ4n) is 3.91. The molecule has 1 N–H and O–H groups in total. The Morgan fingerprint density at radius 3 is 2.75 bits per heavy atom. The van der Waals surface area contributed by atoms with E-state index in [1.54, 1.807) is 0 Å². The van der Waals surface area contributed by atoms with E-state index in [1.165, 1.54) is 18.4 Å². The first-order valence-electron chi connectivity index (χ1n) is 9.13. The summed E-state index contributed by atoms with van der Waals surface area (Å²) in [5.74, 6) is -1.44. The van der Waals surface area contributed by atoms with Crippen molar-refractivity contribution in [2.24, 2.45) is 5.92 Å². The lowest BCUT2D eigenvalue weighted by Gasteiger charge is -2.36. The number of hydrogen-bond acceptors (Lipinski definition) is 4. The fraction of sp³-hybridized carbons (Fsp3) is 0.611. The molecule has 7 nitrogen and oxygen atoms in total. The number of rotatable bonds is 5. The fourth-order valence-corrected chi connectivity index (χ4v) is 3.91. The van der Waals surface area contributed by atoms with Crippen LogP contribution in [0.3, 0.4) is 0 Å². The number of imide groups is 1. The number of amides is 4. The third kappa shape index (κ3) is 4.00. The van der Waals surface area contributed by atoms with Crippen LogP contribution in [0.1, 0.15) is 38.4 Å². The summed E-state index contributed by atoms with van der Waals surface area (Å²) >= 11 is 0. The molecular formula is C18H22F3N3O4. The molecule has 1 aliphatic heterocycles. The van der Waals surface area contributed by atoms with E-state index in [0.29, 0.717) is 11.3 Å². The molecule has 28 heavy (non-hydrogen) atoms. The number of furan rings is 1. The Hall–Kier alpha value is -2.52. The number of hydrogen-bond donors (Lipinski definition) is 1. The summed E-state index contributed by atoms with van der Waals surface area (Å²) in [6, 6.07) is 2.21. The average Bonchev–Trinajstić information content (AvgIpc) is 3.19. The minimum absolute atomic E-state index is 0.104. The van der Waals surface area contributed by atoms with Crippen LogP contribution >= 0.6 is 0 Å². The summed E-state index contributed by atoms with van der Waals surface area (Å²) < 4.78 is 43.8. The van der Waals surface area contributed by atoms with E-state index >= 15 is 0 Å². The minimum Gasteiger partial charge on any atom is -0.467 e. The maximum atomic E-state index is 12.9. The molecule has 1 aromatic heterocycles. The van der Waals surface area contributed by atoms with E-state index in [1.807, 2.05) is 6.92 Å². The van der Waals surface area contributed by atoms with Gasteiger partial charge in [0.05, 0.1) is 12.8 Å². The topological polar surface area (TPSA) is 82.9 Å². The Morgan fingerprint density at radius 2 is 2.14 bits per heavy atom. The van der Waals surface area contributed by atoms with Crippen LogP contribution in [-0.2, 0) is 16.1 Å². The molecule has 2 atom stereocenters. The molecule has 0 bridgehead atoms. The van der Waals surface area contributed by atoms with Crippen LogP contribution in [0.2, 0.25) is 0 Å². The Balaban J connectivity index is 1.75. The van der Waals surface area contributed by atoms with Gasteiger partial charge in [-0.1, -0.05) is 19.8 Å². The average molecular weight is 401 g/mol. The van der Waals surface area contributed by atoms with Gasteiger partial charge in [0.15, 0.2) is 0 Å². The summed E-state index contributed by atoms with van der Waals surface area (Å²) in [6.07, 6.45) is -0.422. The van der Waals surface area contributed by atoms with Crippen LogP contribution in [0.5, 0.6) is 0 Å². The molecule has 2 unspecified atom stereocenters. The van der Waals surface area contributed by atoms with Crippen molar-refractivity contribution >= 4 is 17.8 Å². The molecule has 1 spiro atoms. The predicted molar refractivity (Wildman–Crippen MR) is 90.8 cm³/mol. The summed E-state index contributed by atoms with van der Waals surface area (Å²) in [6.45, 7) is -0.792. The number of urea groups is 1. The Kier molecular flexibility index (Phi) is 5.40. The SMILES string of the molecule is CC1CCCCC12NC(=O)N(CC(=O)N(Cc1ccco1)CC(F)(F)F)C2=O. The van der Waals surface area contributed by atoms with Gasteiger partial charge in [0, 0.05) is 0 Å². The van der Waals surface area contributed by atoms with Crippen molar-refractivity contribution in [1.82, 2.24) is 15.1 Å². The van der Waals surface area contributed by atoms with E-state index in [2.05, 4.69) is 5.32 Å². The van der Waals surface area contributed by atoms with Crippen molar-refractivity contribution in [2.45, 2.75) is 50.9 Å². The molecule has 1 aliphatic carbocycles. The maximum absolute atomic E-state index is 12.9. The van der Waals surface area contributed by atoms with Gasteiger partial charge in [-0.3, -0.25) is 14.5 Å². The van der Waals surface area contributed by atoms with Gasteiger partial charge in [-0.15, -0.1) is 0 Å². The standard InChI is InChI=1S/C18H22F3N3O4/c1-12-5-2-3-7-17(12)15(26)24(16(27)22-17)10-14(25)23(11-18(19,20)21)9-13-6-4-8-28-13/h4,6,8,12H,2-3,5,7,9-11H2,1H3,(H,22,27). The molecule has 1 aromatic rings. The van der Waals surface area contributed by atoms with E-state index in [9.17, 15) is 27.6 Å². The second-order valence-electron chi connectivity index (χ2n) is 7.38. The highest BCUT2D eigenvalue weighted by molar-refractivity contribution is 6.09. The largest absolute Gasteiger partial charge is 0.467 e. The Bertz CT molecular complexity index is 750. The van der Waals surface area contributed by atoms with Gasteiger partial charge in [-0.25, -0.2) is 4.79 Å². The second-order valence-corrected chi connectivity index (χ2v) is 7.38. The van der Waals surface area contributed by atoms with Gasteiger partial charge in [-0.2, -0.15) is 13.2 Å². The highest BCUT2D eigenvalue weighted by Gasteiger charge is 2.55. The minimum atomic E-state index is -4.63. The van der Waals surface area contributed by atoms with Crippen LogP contribution < -0.4 is 5.32 Å². The van der Waals surface area contributed by atoms with Crippen LogP contribution in [-0.4, -0.2) is 52.5 Å². The van der Waals surface area contributed by atoms with Gasteiger partial charge in [0.1, 0.15) is 24.4 Å². The lowest BCUT2D eigenvalue weighted by atomic mass is 9.73. The smallest absolute Gasteiger partial charge is 0.406 e. The van der Waals surface area contributed by atoms with E-state index in [4.69, 9.17) is 4.42 Å². The van der Waals surface area contributed by atoms with E-state index < -0.39 is 49.2 Å². The first kappa shape index (κ1) is 20.2. The predicted octanol–water partition coefficient (Wildman–Crippen LogP) is 2.67. The van der Waals surface area contributed by atoms with Crippen LogP contribution in [0.15, 0.2) is 22.8 Å². The number of carbonyl (C=O) groups excluding carboxylic acids is 3. The summed E-state index contributed by atoms with van der Waals surface area (Å²) in [4.78, 5) is 39.1. The lowest BCUT2D eigenvalue weighted by Crippen LogP contribution is -2.54. The van der Waals surface area contributed by atoms with Crippen molar-refractivity contribution < 1.29 is 32.0 Å². The lowest BCUT2D eigenvalue weighted by molar-refractivity contribution is -0.163. The van der Waals surface area contributed by atoms with Gasteiger partial charge in [0.2, 0.25) is 5.91 Å². The molecule has 2 aliphatic rings. The monoisotopic (exact) mass is 401 g/mol. The molecular weight excluding hydrogens is 379 g/mol. The van der Waals surface area contributed by atoms with Crippen molar-refractivity contribution in [3.8, 4) is 0 Å². The molecule has 1 saturated carbocycles. The van der Waals surface area contributed by atoms with E-state index in [-0.39, 0.29) is 11.7 Å². The van der Waals surface area contributed by atoms with Crippen LogP contribution in [0.4, 0.5) is 18.0 Å². The van der Waals surface area contributed by atoms with Crippen molar-refractivity contribution in [3.63, 3.8) is 0 Å². The van der Waals surface area contributed by atoms with Gasteiger partial charge >= 0.3 is 12.2 Å². The second kappa shape index (κ2) is 7.48. The zero-order valence-electron chi connectivity index (χ0n) is 15.4. The molecule has 4 amide bonds. The first-order chi connectivity index (χ1) is 13.1. The van der Waals surface area contributed by atoms with Crippen molar-refractivity contribution in [1.29, 1.82) is 0 Å². The van der Waals surface area contributed by atoms with Gasteiger partial charge in [0.25, 0.3) is 5.91 Å². The number of carbonyl (C=O) groups is 3. The molecule has 0 radical (unpaired) electrons. The summed E-state index contributed by atoms with van der Waals surface area (Å²) in [5.41, 5.74) is -1.06. The first-order valence-corrected chi connectivity index (χ1v) is 9.13. The molecule has 154 valence electrons. The van der Waals surface area contributed by atoms with Crippen LogP contribution in [0, 0.1) is 5.92 Å². The number of halogens is 3. The third-order valence-electron chi connectivity index (χ3n) is 5.44. The molecule has 2 fully saturated rings. The third-order valence-corrected chi connectivity index (χ3v) is 5.44. The Labute approximate surface area is 159 Å². The zero-order valence-corrected chi connectivity index (χ0v) is 15.4. The van der Waals surface area contributed by atoms with Gasteiger partial charge in [-0.05, 0) is 30.9 Å². The van der Waals surface area contributed by atoms with Crippen molar-refractivity contribution in [2.75, 3.05) is 13.1 Å². The van der Waals surface area contributed by atoms with Crippen LogP contribution in [0.25, 0.3) is 0 Å². The zero-order chi connectivity index (χ0) is 20.5. The number of nitrogens with zero attached hydrogens (tertiary/aromatic N) is 2. The summed E-state index contributed by atoms with van der Waals surface area (Å²) in [5, 5.41) is 2.68. The van der Waals surface area contributed by atoms with Crippen molar-refractivity contribution in [3.05, 3.63) is 24.2 Å². The molecule has 3 rings (SSSR count). The number of nitrogens with one attached hydrogen (secondary N) is 1. The summed E-state index contributed by atoms with van der Waals surface area (Å²) in [7, 11) is 0. The molecule has 2 heterocycles. The highest BCUT2D eigenvalue weighted by Crippen LogP contribution is 2.38.